The summed E-state index contributed by atoms with van der Waals surface area (Å²) in [6, 6.07) is 14.7. The first-order chi connectivity index (χ1) is 17.7. The predicted octanol–water partition coefficient (Wildman–Crippen LogP) is 1.98. The number of rotatable bonds is 10. The van der Waals surface area contributed by atoms with Crippen LogP contribution in [0.25, 0.3) is 10.9 Å². The van der Waals surface area contributed by atoms with Crippen LogP contribution in [0, 0.1) is 13.8 Å². The highest BCUT2D eigenvalue weighted by Crippen LogP contribution is 2.22. The number of hydrogen-bond donors (Lipinski definition) is 4. The van der Waals surface area contributed by atoms with Crippen LogP contribution in [0.4, 0.5) is 0 Å². The van der Waals surface area contributed by atoms with E-state index in [2.05, 4.69) is 31.3 Å². The standard InChI is InChI=1S/C27H35N5O4S/c1-20-7-9-22(10-8-20)37(35,36)30-17-16-29-26(34)27(12-14-28-15-13-27)31-25(33)11-18-32-19-21(2)23-5-3-4-6-24(23)32/h3-10,19,28,30H,11-18H2,1-2H3,(H,29,34)(H,31,33). The quantitative estimate of drug-likeness (QED) is 0.302. The van der Waals surface area contributed by atoms with Crippen LogP contribution in [0.3, 0.4) is 0 Å². The molecular weight excluding hydrogens is 490 g/mol. The number of sulfonamides is 1. The maximum atomic E-state index is 13.2. The molecule has 0 atom stereocenters. The third-order valence-electron chi connectivity index (χ3n) is 6.87. The van der Waals surface area contributed by atoms with Gasteiger partial charge in [0.05, 0.1) is 4.90 Å². The Bertz CT molecular complexity index is 1360. The van der Waals surface area contributed by atoms with Crippen molar-refractivity contribution in [1.29, 1.82) is 0 Å². The van der Waals surface area contributed by atoms with Gasteiger partial charge in [-0.2, -0.15) is 0 Å². The van der Waals surface area contributed by atoms with Crippen molar-refractivity contribution in [1.82, 2.24) is 25.2 Å². The maximum absolute atomic E-state index is 13.2. The summed E-state index contributed by atoms with van der Waals surface area (Å²) in [5.74, 6) is -0.480. The number of nitrogens with zero attached hydrogens (tertiary/aromatic N) is 1. The number of carbonyl (C=O) groups excluding carboxylic acids is 2. The number of hydrogen-bond acceptors (Lipinski definition) is 5. The molecule has 198 valence electrons. The Balaban J connectivity index is 1.32. The molecule has 4 rings (SSSR count). The summed E-state index contributed by atoms with van der Waals surface area (Å²) < 4.78 is 29.5. The highest BCUT2D eigenvalue weighted by molar-refractivity contribution is 7.89. The number of carbonyl (C=O) groups is 2. The number of aryl methyl sites for hydroxylation is 3. The molecule has 1 aliphatic heterocycles. The molecule has 1 saturated heterocycles. The molecule has 10 heteroatoms. The molecule has 4 N–H and O–H groups in total. The van der Waals surface area contributed by atoms with Gasteiger partial charge in [0.15, 0.2) is 0 Å². The second kappa shape index (κ2) is 11.5. The number of aromatic nitrogens is 1. The highest BCUT2D eigenvalue weighted by atomic mass is 32.2. The number of nitrogens with one attached hydrogen (secondary N) is 4. The minimum atomic E-state index is -3.67. The Morgan fingerprint density at radius 3 is 2.43 bits per heavy atom. The average Bonchev–Trinajstić information content (AvgIpc) is 3.21. The van der Waals surface area contributed by atoms with Crippen molar-refractivity contribution < 1.29 is 18.0 Å². The van der Waals surface area contributed by atoms with E-state index in [0.29, 0.717) is 32.5 Å². The summed E-state index contributed by atoms with van der Waals surface area (Å²) in [5.41, 5.74) is 2.18. The fourth-order valence-corrected chi connectivity index (χ4v) is 5.79. The predicted molar refractivity (Wildman–Crippen MR) is 144 cm³/mol. The van der Waals surface area contributed by atoms with Crippen LogP contribution in [0.5, 0.6) is 0 Å². The lowest BCUT2D eigenvalue weighted by Crippen LogP contribution is -2.63. The van der Waals surface area contributed by atoms with Crippen LogP contribution in [0.2, 0.25) is 0 Å². The number of fused-ring (bicyclic) bond motifs is 1. The van der Waals surface area contributed by atoms with Gasteiger partial charge in [-0.15, -0.1) is 0 Å². The number of piperidine rings is 1. The third-order valence-corrected chi connectivity index (χ3v) is 8.35. The molecule has 37 heavy (non-hydrogen) atoms. The van der Waals surface area contributed by atoms with Gasteiger partial charge in [-0.1, -0.05) is 35.9 Å². The second-order valence-corrected chi connectivity index (χ2v) is 11.4. The Morgan fingerprint density at radius 2 is 1.70 bits per heavy atom. The van der Waals surface area contributed by atoms with Crippen molar-refractivity contribution in [2.75, 3.05) is 26.2 Å². The molecule has 1 aliphatic rings. The van der Waals surface area contributed by atoms with E-state index in [1.54, 1.807) is 24.3 Å². The maximum Gasteiger partial charge on any atom is 0.245 e. The Hall–Kier alpha value is -3.21. The van der Waals surface area contributed by atoms with Crippen molar-refractivity contribution in [3.8, 4) is 0 Å². The molecule has 9 nitrogen and oxygen atoms in total. The molecule has 0 bridgehead atoms. The van der Waals surface area contributed by atoms with Gasteiger partial charge in [0, 0.05) is 43.2 Å². The molecule has 0 aliphatic carbocycles. The van der Waals surface area contributed by atoms with E-state index in [4.69, 9.17) is 0 Å². The minimum Gasteiger partial charge on any atom is -0.353 e. The zero-order valence-electron chi connectivity index (χ0n) is 21.3. The van der Waals surface area contributed by atoms with Gasteiger partial charge < -0.3 is 20.5 Å². The molecular formula is C27H35N5O4S. The van der Waals surface area contributed by atoms with Crippen LogP contribution in [0.15, 0.2) is 59.6 Å². The zero-order chi connectivity index (χ0) is 26.5. The van der Waals surface area contributed by atoms with Crippen molar-refractivity contribution >= 4 is 32.7 Å². The smallest absolute Gasteiger partial charge is 0.245 e. The first-order valence-corrected chi connectivity index (χ1v) is 14.1. The molecule has 1 aromatic heterocycles. The molecule has 2 heterocycles. The summed E-state index contributed by atoms with van der Waals surface area (Å²) in [6.07, 6.45) is 3.22. The number of para-hydroxylation sites is 1. The van der Waals surface area contributed by atoms with Gasteiger partial charge in [0.1, 0.15) is 5.54 Å². The van der Waals surface area contributed by atoms with Crippen LogP contribution in [0.1, 0.15) is 30.4 Å². The summed E-state index contributed by atoms with van der Waals surface area (Å²) in [4.78, 5) is 26.3. The lowest BCUT2D eigenvalue weighted by atomic mass is 9.87. The highest BCUT2D eigenvalue weighted by Gasteiger charge is 2.40. The summed E-state index contributed by atoms with van der Waals surface area (Å²) >= 11 is 0. The lowest BCUT2D eigenvalue weighted by molar-refractivity contribution is -0.134. The van der Waals surface area contributed by atoms with E-state index in [9.17, 15) is 18.0 Å². The van der Waals surface area contributed by atoms with Crippen LogP contribution in [-0.4, -0.2) is 56.5 Å². The normalized spacial score (nSPS) is 15.4. The summed E-state index contributed by atoms with van der Waals surface area (Å²) in [5, 5.41) is 10.2. The molecule has 0 radical (unpaired) electrons. The lowest BCUT2D eigenvalue weighted by Gasteiger charge is -2.37. The Morgan fingerprint density at radius 1 is 1.00 bits per heavy atom. The summed E-state index contributed by atoms with van der Waals surface area (Å²) in [7, 11) is -3.67. The van der Waals surface area contributed by atoms with E-state index < -0.39 is 15.6 Å². The van der Waals surface area contributed by atoms with Crippen LogP contribution < -0.4 is 20.7 Å². The van der Waals surface area contributed by atoms with Gasteiger partial charge in [0.2, 0.25) is 21.8 Å². The average molecular weight is 526 g/mol. The van der Waals surface area contributed by atoms with Gasteiger partial charge in [0.25, 0.3) is 0 Å². The van der Waals surface area contributed by atoms with Crippen molar-refractivity contribution in [2.45, 2.75) is 50.1 Å². The van der Waals surface area contributed by atoms with Gasteiger partial charge >= 0.3 is 0 Å². The van der Waals surface area contributed by atoms with E-state index in [-0.39, 0.29) is 36.2 Å². The number of amides is 2. The first-order valence-electron chi connectivity index (χ1n) is 12.6. The molecule has 0 saturated carbocycles. The topological polar surface area (TPSA) is 121 Å². The fourth-order valence-electron chi connectivity index (χ4n) is 4.76. The molecule has 2 aromatic carbocycles. The Kier molecular flexibility index (Phi) is 8.31. The number of benzene rings is 2. The van der Waals surface area contributed by atoms with E-state index in [1.165, 1.54) is 0 Å². The SMILES string of the molecule is Cc1ccc(S(=O)(=O)NCCNC(=O)C2(NC(=O)CCn3cc(C)c4ccccc43)CCNCC2)cc1. The van der Waals surface area contributed by atoms with E-state index >= 15 is 0 Å². The van der Waals surface area contributed by atoms with Crippen molar-refractivity contribution in [3.63, 3.8) is 0 Å². The monoisotopic (exact) mass is 525 g/mol. The van der Waals surface area contributed by atoms with Crippen molar-refractivity contribution in [3.05, 3.63) is 65.9 Å². The largest absolute Gasteiger partial charge is 0.353 e. The summed E-state index contributed by atoms with van der Waals surface area (Å²) in [6.45, 7) is 5.82. The van der Waals surface area contributed by atoms with Crippen LogP contribution >= 0.6 is 0 Å². The molecule has 0 unspecified atom stereocenters. The Labute approximate surface area is 218 Å². The zero-order valence-corrected chi connectivity index (χ0v) is 22.2. The van der Waals surface area contributed by atoms with E-state index in [1.807, 2.05) is 38.2 Å². The van der Waals surface area contributed by atoms with Gasteiger partial charge in [-0.25, -0.2) is 13.1 Å². The van der Waals surface area contributed by atoms with Gasteiger partial charge in [-0.3, -0.25) is 9.59 Å². The molecule has 2 amide bonds. The van der Waals surface area contributed by atoms with Gasteiger partial charge in [-0.05, 0) is 63.5 Å². The second-order valence-electron chi connectivity index (χ2n) is 9.62. The minimum absolute atomic E-state index is 0.0459. The molecule has 0 spiro atoms. The first kappa shape index (κ1) is 26.8. The fraction of sp³-hybridized carbons (Fsp3) is 0.407. The third kappa shape index (κ3) is 6.38. The molecule has 1 fully saturated rings. The van der Waals surface area contributed by atoms with Crippen LogP contribution in [-0.2, 0) is 26.2 Å². The van der Waals surface area contributed by atoms with E-state index in [0.717, 1.165) is 22.0 Å². The van der Waals surface area contributed by atoms with Crippen molar-refractivity contribution in [2.24, 2.45) is 0 Å². The molecule has 3 aromatic rings.